The molecule has 0 bridgehead atoms. The van der Waals surface area contributed by atoms with Crippen LogP contribution in [0.5, 0.6) is 0 Å². The van der Waals surface area contributed by atoms with Crippen LogP contribution in [0.15, 0.2) is 51.1 Å². The highest BCUT2D eigenvalue weighted by Gasteiger charge is 2.12. The first-order chi connectivity index (χ1) is 13.9. The van der Waals surface area contributed by atoms with Gasteiger partial charge in [0.05, 0.1) is 21.5 Å². The molecule has 1 amide bonds. The summed E-state index contributed by atoms with van der Waals surface area (Å²) in [5, 5.41) is 11.9. The largest absolute Gasteiger partial charge is 0.323 e. The molecule has 0 fully saturated rings. The Morgan fingerprint density at radius 1 is 1.03 bits per heavy atom. The lowest BCUT2D eigenvalue weighted by atomic mass is 10.0. The Labute approximate surface area is 192 Å². The maximum Gasteiger partial charge on any atom is 0.234 e. The lowest BCUT2D eigenvalue weighted by Crippen LogP contribution is -2.14. The van der Waals surface area contributed by atoms with Crippen molar-refractivity contribution in [3.8, 4) is 0 Å². The molecule has 9 heteroatoms. The fraction of sp³-hybridized carbons (Fsp3) is 0.250. The number of anilines is 1. The highest BCUT2D eigenvalue weighted by atomic mass is 35.5. The zero-order valence-corrected chi connectivity index (χ0v) is 19.8. The molecule has 3 rings (SSSR count). The third-order valence-corrected chi connectivity index (χ3v) is 7.84. The molecule has 29 heavy (non-hydrogen) atoms. The van der Waals surface area contributed by atoms with E-state index in [1.165, 1.54) is 34.2 Å². The molecule has 0 saturated carbocycles. The van der Waals surface area contributed by atoms with E-state index >= 15 is 0 Å². The number of aromatic nitrogens is 2. The summed E-state index contributed by atoms with van der Waals surface area (Å²) in [7, 11) is 0. The smallest absolute Gasteiger partial charge is 0.234 e. The van der Waals surface area contributed by atoms with Crippen molar-refractivity contribution in [2.45, 2.75) is 34.2 Å². The van der Waals surface area contributed by atoms with Crippen LogP contribution in [0, 0.1) is 0 Å². The molecule has 0 aliphatic heterocycles. The molecule has 0 spiro atoms. The summed E-state index contributed by atoms with van der Waals surface area (Å²) in [6.45, 7) is 4.38. The van der Waals surface area contributed by atoms with E-state index in [0.29, 0.717) is 21.7 Å². The molecule has 3 aromatic rings. The van der Waals surface area contributed by atoms with Gasteiger partial charge in [0.15, 0.2) is 8.68 Å². The van der Waals surface area contributed by atoms with E-state index in [1.54, 1.807) is 30.0 Å². The maximum absolute atomic E-state index is 12.2. The minimum atomic E-state index is -0.195. The fourth-order valence-corrected chi connectivity index (χ4v) is 5.65. The molecular weight excluding hydrogens is 465 g/mol. The van der Waals surface area contributed by atoms with Gasteiger partial charge in [-0.05, 0) is 29.2 Å². The molecule has 0 aliphatic carbocycles. The number of benzene rings is 2. The SMILES string of the molecule is CC(C)c1ccc(CSc2nnc(SCC(=O)Nc3c(Cl)cccc3Cl)s2)cc1. The van der Waals surface area contributed by atoms with E-state index in [0.717, 1.165) is 14.4 Å². The minimum absolute atomic E-state index is 0.195. The molecule has 1 N–H and O–H groups in total. The summed E-state index contributed by atoms with van der Waals surface area (Å²) in [4.78, 5) is 12.2. The minimum Gasteiger partial charge on any atom is -0.323 e. The van der Waals surface area contributed by atoms with E-state index < -0.39 is 0 Å². The van der Waals surface area contributed by atoms with E-state index in [1.807, 2.05) is 0 Å². The van der Waals surface area contributed by atoms with Crippen LogP contribution in [0.1, 0.15) is 30.9 Å². The predicted octanol–water partition coefficient (Wildman–Crippen LogP) is 6.99. The molecule has 2 aromatic carbocycles. The van der Waals surface area contributed by atoms with Crippen LogP contribution in [0.4, 0.5) is 5.69 Å². The zero-order valence-electron chi connectivity index (χ0n) is 15.8. The summed E-state index contributed by atoms with van der Waals surface area (Å²) in [5.41, 5.74) is 3.02. The van der Waals surface area contributed by atoms with Crippen molar-refractivity contribution >= 4 is 69.7 Å². The Hall–Kier alpha value is -1.25. The van der Waals surface area contributed by atoms with E-state index in [2.05, 4.69) is 53.6 Å². The van der Waals surface area contributed by atoms with Crippen molar-refractivity contribution in [2.24, 2.45) is 0 Å². The van der Waals surface area contributed by atoms with Crippen LogP contribution in [-0.2, 0) is 10.5 Å². The molecule has 152 valence electrons. The van der Waals surface area contributed by atoms with Gasteiger partial charge in [-0.3, -0.25) is 4.79 Å². The summed E-state index contributed by atoms with van der Waals surface area (Å²) in [6.07, 6.45) is 0. The molecule has 0 atom stereocenters. The van der Waals surface area contributed by atoms with Gasteiger partial charge in [-0.15, -0.1) is 10.2 Å². The molecule has 0 radical (unpaired) electrons. The summed E-state index contributed by atoms with van der Waals surface area (Å²) in [5.74, 6) is 1.38. The first-order valence-electron chi connectivity index (χ1n) is 8.84. The molecular formula is C20H19Cl2N3OS3. The number of carbonyl (C=O) groups excluding carboxylic acids is 1. The third-order valence-electron chi connectivity index (χ3n) is 3.95. The van der Waals surface area contributed by atoms with Gasteiger partial charge in [-0.1, -0.05) is 102 Å². The van der Waals surface area contributed by atoms with E-state index in [9.17, 15) is 4.79 Å². The third kappa shape index (κ3) is 6.62. The Morgan fingerprint density at radius 2 is 1.66 bits per heavy atom. The topological polar surface area (TPSA) is 54.9 Å². The normalized spacial score (nSPS) is 11.1. The van der Waals surface area contributed by atoms with Crippen LogP contribution in [0.25, 0.3) is 0 Å². The Bertz CT molecular complexity index is 957. The van der Waals surface area contributed by atoms with Gasteiger partial charge in [0.1, 0.15) is 0 Å². The maximum atomic E-state index is 12.2. The van der Waals surface area contributed by atoms with Crippen LogP contribution in [0.2, 0.25) is 10.0 Å². The monoisotopic (exact) mass is 483 g/mol. The van der Waals surface area contributed by atoms with Gasteiger partial charge in [0.25, 0.3) is 0 Å². The van der Waals surface area contributed by atoms with Crippen molar-refractivity contribution in [1.82, 2.24) is 10.2 Å². The predicted molar refractivity (Wildman–Crippen MR) is 126 cm³/mol. The molecule has 1 aromatic heterocycles. The quantitative estimate of drug-likeness (QED) is 0.349. The molecule has 0 aliphatic rings. The Morgan fingerprint density at radius 3 is 2.28 bits per heavy atom. The average Bonchev–Trinajstić information content (AvgIpc) is 3.16. The van der Waals surface area contributed by atoms with E-state index in [4.69, 9.17) is 23.2 Å². The number of rotatable bonds is 8. The Kier molecular flexibility index (Phi) is 8.26. The summed E-state index contributed by atoms with van der Waals surface area (Å²) < 4.78 is 1.64. The van der Waals surface area contributed by atoms with Crippen molar-refractivity contribution in [3.63, 3.8) is 0 Å². The van der Waals surface area contributed by atoms with Crippen molar-refractivity contribution in [2.75, 3.05) is 11.1 Å². The van der Waals surface area contributed by atoms with Crippen LogP contribution in [-0.4, -0.2) is 21.9 Å². The van der Waals surface area contributed by atoms with Gasteiger partial charge in [-0.2, -0.15) is 0 Å². The lowest BCUT2D eigenvalue weighted by molar-refractivity contribution is -0.113. The molecule has 0 unspecified atom stereocenters. The number of carbonyl (C=O) groups is 1. The molecule has 0 saturated heterocycles. The number of nitrogens with zero attached hydrogens (tertiary/aromatic N) is 2. The first-order valence-corrected chi connectivity index (χ1v) is 12.4. The van der Waals surface area contributed by atoms with Gasteiger partial charge in [0, 0.05) is 5.75 Å². The number of hydrogen-bond donors (Lipinski definition) is 1. The van der Waals surface area contributed by atoms with Crippen molar-refractivity contribution in [3.05, 3.63) is 63.6 Å². The van der Waals surface area contributed by atoms with Gasteiger partial charge in [0.2, 0.25) is 5.91 Å². The highest BCUT2D eigenvalue weighted by molar-refractivity contribution is 8.03. The molecule has 1 heterocycles. The van der Waals surface area contributed by atoms with Gasteiger partial charge >= 0.3 is 0 Å². The number of hydrogen-bond acceptors (Lipinski definition) is 6. The second-order valence-corrected chi connectivity index (χ2v) is 10.7. The van der Waals surface area contributed by atoms with Crippen molar-refractivity contribution in [1.29, 1.82) is 0 Å². The van der Waals surface area contributed by atoms with Gasteiger partial charge < -0.3 is 5.32 Å². The van der Waals surface area contributed by atoms with Gasteiger partial charge in [-0.25, -0.2) is 0 Å². The standard InChI is InChI=1S/C20H19Cl2N3OS3/c1-12(2)14-8-6-13(7-9-14)10-27-19-24-25-20(29-19)28-11-17(26)23-18-15(21)4-3-5-16(18)22/h3-9,12H,10-11H2,1-2H3,(H,23,26). The summed E-state index contributed by atoms with van der Waals surface area (Å²) in [6, 6.07) is 13.7. The molecule has 4 nitrogen and oxygen atoms in total. The first kappa shape index (κ1) is 22.4. The summed E-state index contributed by atoms with van der Waals surface area (Å²) >= 11 is 16.6. The number of nitrogens with one attached hydrogen (secondary N) is 1. The van der Waals surface area contributed by atoms with Crippen LogP contribution < -0.4 is 5.32 Å². The van der Waals surface area contributed by atoms with E-state index in [-0.39, 0.29) is 11.7 Å². The highest BCUT2D eigenvalue weighted by Crippen LogP contribution is 2.32. The fourth-order valence-electron chi connectivity index (χ4n) is 2.38. The Balaban J connectivity index is 1.48. The number of amides is 1. The van der Waals surface area contributed by atoms with Crippen molar-refractivity contribution < 1.29 is 4.79 Å². The second-order valence-electron chi connectivity index (χ2n) is 6.45. The number of thioether (sulfide) groups is 2. The zero-order chi connectivity index (χ0) is 20.8. The second kappa shape index (κ2) is 10.7. The number of para-hydroxylation sites is 1. The number of halogens is 2. The lowest BCUT2D eigenvalue weighted by Gasteiger charge is -2.08. The average molecular weight is 484 g/mol. The van der Waals surface area contributed by atoms with Crippen LogP contribution >= 0.6 is 58.1 Å². The van der Waals surface area contributed by atoms with Crippen LogP contribution in [0.3, 0.4) is 0 Å².